The van der Waals surface area contributed by atoms with E-state index in [0.29, 0.717) is 18.8 Å². The van der Waals surface area contributed by atoms with E-state index in [0.717, 1.165) is 24.4 Å². The van der Waals surface area contributed by atoms with Gasteiger partial charge in [0.25, 0.3) is 0 Å². The lowest BCUT2D eigenvalue weighted by Gasteiger charge is -2.12. The number of hydrogen-bond acceptors (Lipinski definition) is 5. The van der Waals surface area contributed by atoms with Gasteiger partial charge in [-0.25, -0.2) is 9.97 Å². The van der Waals surface area contributed by atoms with Crippen LogP contribution in [0.15, 0.2) is 18.6 Å². The van der Waals surface area contributed by atoms with Crippen LogP contribution in [0.25, 0.3) is 5.65 Å². The van der Waals surface area contributed by atoms with Crippen molar-refractivity contribution < 1.29 is 4.79 Å². The highest BCUT2D eigenvalue weighted by Gasteiger charge is 2.08. The maximum absolute atomic E-state index is 11.6. The summed E-state index contributed by atoms with van der Waals surface area (Å²) in [6.07, 6.45) is 6.98. The summed E-state index contributed by atoms with van der Waals surface area (Å²) in [6, 6.07) is 0. The van der Waals surface area contributed by atoms with Gasteiger partial charge < -0.3 is 19.9 Å². The van der Waals surface area contributed by atoms with E-state index in [9.17, 15) is 4.79 Å². The topological polar surface area (TPSA) is 74.6 Å². The molecule has 0 bridgehead atoms. The maximum Gasteiger partial charge on any atom is 0.223 e. The van der Waals surface area contributed by atoms with Gasteiger partial charge in [-0.05, 0) is 6.42 Å². The number of carbonyl (C=O) groups is 1. The fourth-order valence-corrected chi connectivity index (χ4v) is 1.90. The zero-order valence-corrected chi connectivity index (χ0v) is 12.8. The van der Waals surface area contributed by atoms with E-state index in [-0.39, 0.29) is 5.91 Å². The van der Waals surface area contributed by atoms with E-state index in [2.05, 4.69) is 27.5 Å². The fraction of sp³-hybridized carbons (Fsp3) is 0.500. The van der Waals surface area contributed by atoms with Gasteiger partial charge in [0.15, 0.2) is 11.5 Å². The number of anilines is 2. The second-order valence-electron chi connectivity index (χ2n) is 5.02. The molecule has 0 unspecified atom stereocenters. The van der Waals surface area contributed by atoms with Gasteiger partial charge in [-0.2, -0.15) is 0 Å². The second-order valence-corrected chi connectivity index (χ2v) is 5.02. The summed E-state index contributed by atoms with van der Waals surface area (Å²) in [6.45, 7) is 3.50. The van der Waals surface area contributed by atoms with E-state index in [1.165, 1.54) is 0 Å². The average Bonchev–Trinajstić information content (AvgIpc) is 2.93. The molecule has 0 aromatic carbocycles. The van der Waals surface area contributed by atoms with Crippen molar-refractivity contribution in [2.75, 3.05) is 37.8 Å². The monoisotopic (exact) mass is 290 g/mol. The van der Waals surface area contributed by atoms with E-state index < -0.39 is 0 Å². The molecule has 2 heterocycles. The van der Waals surface area contributed by atoms with Crippen LogP contribution in [0.4, 0.5) is 11.6 Å². The van der Waals surface area contributed by atoms with E-state index in [1.54, 1.807) is 25.2 Å². The van der Waals surface area contributed by atoms with Gasteiger partial charge in [0.05, 0.1) is 6.20 Å². The molecule has 0 aliphatic carbocycles. The quantitative estimate of drug-likeness (QED) is 0.807. The number of rotatable bonds is 7. The van der Waals surface area contributed by atoms with E-state index in [1.807, 2.05) is 16.8 Å². The third-order valence-electron chi connectivity index (χ3n) is 3.06. The highest BCUT2D eigenvalue weighted by atomic mass is 16.2. The second kappa shape index (κ2) is 6.92. The molecule has 21 heavy (non-hydrogen) atoms. The standard InChI is InChI=1S/C14H22N6O/c1-4-6-15-11-10-20-9-8-17-14(20)13(18-11)16-7-5-12(21)19(2)3/h8-10,15H,4-7H2,1-3H3,(H,16,18). The molecule has 1 amide bonds. The van der Waals surface area contributed by atoms with Crippen molar-refractivity contribution >= 4 is 23.2 Å². The van der Waals surface area contributed by atoms with E-state index in [4.69, 9.17) is 0 Å². The Morgan fingerprint density at radius 1 is 1.33 bits per heavy atom. The lowest BCUT2D eigenvalue weighted by molar-refractivity contribution is -0.128. The number of hydrogen-bond donors (Lipinski definition) is 2. The summed E-state index contributed by atoms with van der Waals surface area (Å²) in [7, 11) is 3.51. The van der Waals surface area contributed by atoms with Gasteiger partial charge in [-0.1, -0.05) is 6.92 Å². The molecule has 2 aromatic heterocycles. The Morgan fingerprint density at radius 3 is 2.86 bits per heavy atom. The first kappa shape index (κ1) is 15.1. The number of aromatic nitrogens is 3. The van der Waals surface area contributed by atoms with Crippen molar-refractivity contribution in [3.05, 3.63) is 18.6 Å². The molecule has 0 aliphatic rings. The summed E-state index contributed by atoms with van der Waals surface area (Å²) in [5, 5.41) is 6.45. The molecule has 2 rings (SSSR count). The Kier molecular flexibility index (Phi) is 4.97. The minimum Gasteiger partial charge on any atom is -0.369 e. The lowest BCUT2D eigenvalue weighted by Crippen LogP contribution is -2.24. The molecule has 0 saturated heterocycles. The molecular formula is C14H22N6O. The summed E-state index contributed by atoms with van der Waals surface area (Å²) in [5.41, 5.74) is 0.759. The zero-order valence-electron chi connectivity index (χ0n) is 12.8. The van der Waals surface area contributed by atoms with Crippen molar-refractivity contribution in [3.8, 4) is 0 Å². The summed E-state index contributed by atoms with van der Waals surface area (Å²) in [4.78, 5) is 22.0. The first-order chi connectivity index (χ1) is 10.1. The summed E-state index contributed by atoms with van der Waals surface area (Å²) < 4.78 is 1.92. The number of amides is 1. The Labute approximate surface area is 124 Å². The van der Waals surface area contributed by atoms with Gasteiger partial charge in [0.1, 0.15) is 5.82 Å². The number of carbonyl (C=O) groups excluding carboxylic acids is 1. The molecule has 7 heteroatoms. The molecule has 2 N–H and O–H groups in total. The third kappa shape index (κ3) is 3.84. The Morgan fingerprint density at radius 2 is 2.14 bits per heavy atom. The van der Waals surface area contributed by atoms with Crippen molar-refractivity contribution in [3.63, 3.8) is 0 Å². The predicted octanol–water partition coefficient (Wildman–Crippen LogP) is 1.44. The molecule has 0 spiro atoms. The Hall–Kier alpha value is -2.31. The minimum absolute atomic E-state index is 0.0853. The molecule has 0 aliphatic heterocycles. The molecule has 7 nitrogen and oxygen atoms in total. The lowest BCUT2D eigenvalue weighted by atomic mass is 10.4. The van der Waals surface area contributed by atoms with Gasteiger partial charge in [0, 0.05) is 46.0 Å². The number of fused-ring (bicyclic) bond motifs is 1. The van der Waals surface area contributed by atoms with Gasteiger partial charge in [-0.3, -0.25) is 4.79 Å². The molecule has 0 saturated carbocycles. The summed E-state index contributed by atoms with van der Waals surface area (Å²) >= 11 is 0. The largest absolute Gasteiger partial charge is 0.369 e. The molecule has 114 valence electrons. The molecule has 2 aromatic rings. The van der Waals surface area contributed by atoms with Crippen LogP contribution in [0.3, 0.4) is 0 Å². The van der Waals surface area contributed by atoms with Crippen LogP contribution in [0.5, 0.6) is 0 Å². The van der Waals surface area contributed by atoms with Crippen molar-refractivity contribution in [1.82, 2.24) is 19.3 Å². The molecule has 0 fully saturated rings. The maximum atomic E-state index is 11.6. The van der Waals surface area contributed by atoms with Crippen LogP contribution in [-0.4, -0.2) is 52.4 Å². The van der Waals surface area contributed by atoms with E-state index >= 15 is 0 Å². The smallest absolute Gasteiger partial charge is 0.223 e. The first-order valence-corrected chi connectivity index (χ1v) is 7.13. The first-order valence-electron chi connectivity index (χ1n) is 7.13. The summed E-state index contributed by atoms with van der Waals surface area (Å²) in [5.74, 6) is 1.57. The van der Waals surface area contributed by atoms with Crippen molar-refractivity contribution in [1.29, 1.82) is 0 Å². The van der Waals surface area contributed by atoms with Gasteiger partial charge in [-0.15, -0.1) is 0 Å². The van der Waals surface area contributed by atoms with Crippen LogP contribution in [0.1, 0.15) is 19.8 Å². The highest BCUT2D eigenvalue weighted by Crippen LogP contribution is 2.16. The van der Waals surface area contributed by atoms with Crippen LogP contribution in [0, 0.1) is 0 Å². The predicted molar refractivity (Wildman–Crippen MR) is 83.6 cm³/mol. The van der Waals surface area contributed by atoms with Crippen LogP contribution < -0.4 is 10.6 Å². The Balaban J connectivity index is 2.09. The van der Waals surface area contributed by atoms with Crippen molar-refractivity contribution in [2.45, 2.75) is 19.8 Å². The third-order valence-corrected chi connectivity index (χ3v) is 3.06. The SMILES string of the molecule is CCCNc1cn2ccnc2c(NCCC(=O)N(C)C)n1. The molecule has 0 atom stereocenters. The minimum atomic E-state index is 0.0853. The van der Waals surface area contributed by atoms with Gasteiger partial charge in [0.2, 0.25) is 5.91 Å². The average molecular weight is 290 g/mol. The highest BCUT2D eigenvalue weighted by molar-refractivity contribution is 5.76. The van der Waals surface area contributed by atoms with Crippen molar-refractivity contribution in [2.24, 2.45) is 0 Å². The zero-order chi connectivity index (χ0) is 15.2. The normalized spacial score (nSPS) is 10.6. The van der Waals surface area contributed by atoms with Gasteiger partial charge >= 0.3 is 0 Å². The molecule has 0 radical (unpaired) electrons. The molecular weight excluding hydrogens is 268 g/mol. The fourth-order valence-electron chi connectivity index (χ4n) is 1.90. The number of nitrogens with zero attached hydrogens (tertiary/aromatic N) is 4. The van der Waals surface area contributed by atoms with Crippen LogP contribution in [0.2, 0.25) is 0 Å². The number of imidazole rings is 1. The number of nitrogens with one attached hydrogen (secondary N) is 2. The Bertz CT molecular complexity index is 607. The van der Waals surface area contributed by atoms with Crippen LogP contribution in [-0.2, 0) is 4.79 Å². The van der Waals surface area contributed by atoms with Crippen LogP contribution >= 0.6 is 0 Å².